The van der Waals surface area contributed by atoms with Crippen LogP contribution in [0, 0.1) is 0 Å². The predicted octanol–water partition coefficient (Wildman–Crippen LogP) is 1.85. The molecule has 1 aliphatic carbocycles. The van der Waals surface area contributed by atoms with E-state index >= 15 is 0 Å². The van der Waals surface area contributed by atoms with Crippen molar-refractivity contribution in [2.45, 2.75) is 25.3 Å². The molecule has 1 aromatic heterocycles. The predicted molar refractivity (Wildman–Crippen MR) is 79.6 cm³/mol. The molecule has 0 atom stereocenters. The largest absolute Gasteiger partial charge is 0.339 e. The van der Waals surface area contributed by atoms with Crippen LogP contribution in [0.4, 0.5) is 0 Å². The van der Waals surface area contributed by atoms with E-state index in [-0.39, 0.29) is 17.4 Å². The molecule has 0 aromatic carbocycles. The number of sulfone groups is 1. The van der Waals surface area contributed by atoms with Gasteiger partial charge >= 0.3 is 0 Å². The fourth-order valence-electron chi connectivity index (χ4n) is 2.58. The van der Waals surface area contributed by atoms with Crippen molar-refractivity contribution in [1.29, 1.82) is 0 Å². The first kappa shape index (κ1) is 14.1. The van der Waals surface area contributed by atoms with Gasteiger partial charge in [0.2, 0.25) is 0 Å². The summed E-state index contributed by atoms with van der Waals surface area (Å²) in [5.74, 6) is 0.202. The summed E-state index contributed by atoms with van der Waals surface area (Å²) in [6.07, 6.45) is 4.68. The Balaban J connectivity index is 1.82. The number of aromatic nitrogens is 1. The zero-order valence-corrected chi connectivity index (χ0v) is 13.5. The minimum Gasteiger partial charge on any atom is -0.339 e. The highest BCUT2D eigenvalue weighted by Crippen LogP contribution is 2.37. The minimum absolute atomic E-state index is 0.0558. The standard InChI is InChI=1S/C13H17BrN2O3S/c14-10-8-12(16(9-10)11-2-3-11)13(17)15-4-1-6-20(18,19)7-5-15/h8-9,11H,1-7H2. The number of carbonyl (C=O) groups is 1. The van der Waals surface area contributed by atoms with Crippen LogP contribution >= 0.6 is 15.9 Å². The first-order valence-electron chi connectivity index (χ1n) is 6.83. The van der Waals surface area contributed by atoms with Gasteiger partial charge in [-0.2, -0.15) is 0 Å². The van der Waals surface area contributed by atoms with E-state index in [1.807, 2.05) is 16.8 Å². The van der Waals surface area contributed by atoms with Gasteiger partial charge in [0.25, 0.3) is 5.91 Å². The van der Waals surface area contributed by atoms with Gasteiger partial charge in [0.1, 0.15) is 5.69 Å². The monoisotopic (exact) mass is 360 g/mol. The van der Waals surface area contributed by atoms with Crippen molar-refractivity contribution in [3.63, 3.8) is 0 Å². The molecule has 2 fully saturated rings. The highest BCUT2D eigenvalue weighted by atomic mass is 79.9. The maximum absolute atomic E-state index is 12.6. The van der Waals surface area contributed by atoms with Gasteiger partial charge in [-0.3, -0.25) is 4.79 Å². The minimum atomic E-state index is -2.99. The molecular weight excluding hydrogens is 344 g/mol. The normalized spacial score (nSPS) is 22.6. The molecule has 1 aliphatic heterocycles. The molecule has 1 saturated heterocycles. The molecule has 0 bridgehead atoms. The van der Waals surface area contributed by atoms with Crippen LogP contribution in [0.5, 0.6) is 0 Å². The Morgan fingerprint density at radius 3 is 2.70 bits per heavy atom. The number of nitrogens with zero attached hydrogens (tertiary/aromatic N) is 2. The van der Waals surface area contributed by atoms with Crippen molar-refractivity contribution in [3.8, 4) is 0 Å². The molecule has 110 valence electrons. The Hall–Kier alpha value is -0.820. The van der Waals surface area contributed by atoms with E-state index in [1.54, 1.807) is 4.90 Å². The second-order valence-corrected chi connectivity index (χ2v) is 8.70. The third-order valence-electron chi connectivity index (χ3n) is 3.82. The Kier molecular flexibility index (Phi) is 3.66. The summed E-state index contributed by atoms with van der Waals surface area (Å²) < 4.78 is 26.1. The molecule has 1 saturated carbocycles. The summed E-state index contributed by atoms with van der Waals surface area (Å²) in [7, 11) is -2.99. The molecule has 1 amide bonds. The third-order valence-corrected chi connectivity index (χ3v) is 5.97. The van der Waals surface area contributed by atoms with Gasteiger partial charge in [0.05, 0.1) is 11.5 Å². The van der Waals surface area contributed by atoms with E-state index in [1.165, 1.54) is 0 Å². The second kappa shape index (κ2) is 5.18. The third kappa shape index (κ3) is 2.93. The van der Waals surface area contributed by atoms with Crippen LogP contribution in [0.3, 0.4) is 0 Å². The lowest BCUT2D eigenvalue weighted by Gasteiger charge is -2.20. The quantitative estimate of drug-likeness (QED) is 0.808. The van der Waals surface area contributed by atoms with Crippen LogP contribution in [0.1, 0.15) is 35.8 Å². The molecule has 0 unspecified atom stereocenters. The van der Waals surface area contributed by atoms with Crippen LogP contribution < -0.4 is 0 Å². The highest BCUT2D eigenvalue weighted by Gasteiger charge is 2.30. The van der Waals surface area contributed by atoms with E-state index in [9.17, 15) is 13.2 Å². The van der Waals surface area contributed by atoms with Crippen LogP contribution in [0.25, 0.3) is 0 Å². The number of halogens is 1. The van der Waals surface area contributed by atoms with E-state index < -0.39 is 9.84 Å². The van der Waals surface area contributed by atoms with Crippen LogP contribution in [0.2, 0.25) is 0 Å². The zero-order valence-electron chi connectivity index (χ0n) is 11.1. The molecule has 3 rings (SSSR count). The summed E-state index contributed by atoms with van der Waals surface area (Å²) in [6, 6.07) is 2.26. The Bertz CT molecular complexity index is 634. The lowest BCUT2D eigenvalue weighted by Crippen LogP contribution is -2.34. The molecule has 20 heavy (non-hydrogen) atoms. The molecular formula is C13H17BrN2O3S. The Labute approximate surface area is 127 Å². The summed E-state index contributed by atoms with van der Waals surface area (Å²) in [5.41, 5.74) is 0.665. The lowest BCUT2D eigenvalue weighted by molar-refractivity contribution is 0.0757. The second-order valence-electron chi connectivity index (χ2n) is 5.48. The molecule has 0 radical (unpaired) electrons. The fourth-order valence-corrected chi connectivity index (χ4v) is 4.28. The van der Waals surface area contributed by atoms with E-state index in [0.29, 0.717) is 31.2 Å². The average Bonchev–Trinajstić information content (AvgIpc) is 3.17. The number of hydrogen-bond acceptors (Lipinski definition) is 3. The van der Waals surface area contributed by atoms with Crippen molar-refractivity contribution in [1.82, 2.24) is 9.47 Å². The van der Waals surface area contributed by atoms with E-state index in [4.69, 9.17) is 0 Å². The summed E-state index contributed by atoms with van der Waals surface area (Å²) in [5, 5.41) is 0. The Morgan fingerprint density at radius 2 is 2.00 bits per heavy atom. The molecule has 2 aliphatic rings. The SMILES string of the molecule is O=C(c1cc(Br)cn1C1CC1)N1CCCS(=O)(=O)CC1. The molecule has 7 heteroatoms. The van der Waals surface area contributed by atoms with Crippen molar-refractivity contribution in [2.24, 2.45) is 0 Å². The van der Waals surface area contributed by atoms with Gasteiger partial charge in [0, 0.05) is 29.8 Å². The van der Waals surface area contributed by atoms with Crippen molar-refractivity contribution in [2.75, 3.05) is 24.6 Å². The maximum atomic E-state index is 12.6. The zero-order chi connectivity index (χ0) is 14.3. The summed E-state index contributed by atoms with van der Waals surface area (Å²) >= 11 is 3.42. The highest BCUT2D eigenvalue weighted by molar-refractivity contribution is 9.10. The number of amides is 1. The molecule has 0 N–H and O–H groups in total. The van der Waals surface area contributed by atoms with Gasteiger partial charge < -0.3 is 9.47 Å². The van der Waals surface area contributed by atoms with E-state index in [2.05, 4.69) is 15.9 Å². The lowest BCUT2D eigenvalue weighted by atomic mass is 10.3. The van der Waals surface area contributed by atoms with Crippen molar-refractivity contribution < 1.29 is 13.2 Å². The molecule has 5 nitrogen and oxygen atoms in total. The van der Waals surface area contributed by atoms with Crippen LogP contribution in [0.15, 0.2) is 16.7 Å². The smallest absolute Gasteiger partial charge is 0.270 e. The van der Waals surface area contributed by atoms with Gasteiger partial charge in [-0.15, -0.1) is 0 Å². The number of carbonyl (C=O) groups excluding carboxylic acids is 1. The van der Waals surface area contributed by atoms with Gasteiger partial charge in [-0.25, -0.2) is 8.42 Å². The molecule has 1 aromatic rings. The fraction of sp³-hybridized carbons (Fsp3) is 0.615. The summed E-state index contributed by atoms with van der Waals surface area (Å²) in [4.78, 5) is 14.3. The van der Waals surface area contributed by atoms with Gasteiger partial charge in [0.15, 0.2) is 9.84 Å². The van der Waals surface area contributed by atoms with Gasteiger partial charge in [-0.05, 0) is 41.3 Å². The first-order valence-corrected chi connectivity index (χ1v) is 9.45. The van der Waals surface area contributed by atoms with Crippen LogP contribution in [-0.2, 0) is 9.84 Å². The molecule has 2 heterocycles. The Morgan fingerprint density at radius 1 is 1.25 bits per heavy atom. The number of hydrogen-bond donors (Lipinski definition) is 0. The first-order chi connectivity index (χ1) is 9.46. The van der Waals surface area contributed by atoms with Crippen LogP contribution in [-0.4, -0.2) is 48.4 Å². The maximum Gasteiger partial charge on any atom is 0.270 e. The van der Waals surface area contributed by atoms with E-state index in [0.717, 1.165) is 17.3 Å². The number of rotatable bonds is 2. The summed E-state index contributed by atoms with van der Waals surface area (Å²) in [6.45, 7) is 0.820. The average molecular weight is 361 g/mol. The van der Waals surface area contributed by atoms with Crippen molar-refractivity contribution in [3.05, 3.63) is 22.4 Å². The van der Waals surface area contributed by atoms with Crippen molar-refractivity contribution >= 4 is 31.7 Å². The topological polar surface area (TPSA) is 59.4 Å². The van der Waals surface area contributed by atoms with Gasteiger partial charge in [-0.1, -0.05) is 0 Å². The molecule has 0 spiro atoms.